The summed E-state index contributed by atoms with van der Waals surface area (Å²) in [7, 11) is 1.46. The van der Waals surface area contributed by atoms with Crippen molar-refractivity contribution in [1.82, 2.24) is 4.98 Å². The van der Waals surface area contributed by atoms with Crippen molar-refractivity contribution in [1.29, 1.82) is 0 Å². The van der Waals surface area contributed by atoms with Crippen molar-refractivity contribution in [2.24, 2.45) is 5.10 Å². The summed E-state index contributed by atoms with van der Waals surface area (Å²) in [4.78, 5) is 15.2. The number of amides is 1. The molecular weight excluding hydrogens is 263 g/mol. The van der Waals surface area contributed by atoms with Gasteiger partial charge >= 0.3 is 6.18 Å². The normalized spacial score (nSPS) is 15.9. The molecule has 0 N–H and O–H groups in total. The van der Waals surface area contributed by atoms with E-state index in [9.17, 15) is 18.0 Å². The zero-order chi connectivity index (χ0) is 14.0. The van der Waals surface area contributed by atoms with Crippen LogP contribution in [0.3, 0.4) is 0 Å². The van der Waals surface area contributed by atoms with E-state index in [2.05, 4.69) is 10.1 Å². The predicted octanol–water partition coefficient (Wildman–Crippen LogP) is 1.84. The van der Waals surface area contributed by atoms with E-state index in [4.69, 9.17) is 4.74 Å². The van der Waals surface area contributed by atoms with E-state index in [1.54, 1.807) is 0 Å². The van der Waals surface area contributed by atoms with Crippen LogP contribution in [-0.2, 0) is 15.7 Å². The first-order valence-electron chi connectivity index (χ1n) is 5.33. The number of hydrogen-bond donors (Lipinski definition) is 0. The minimum atomic E-state index is -4.45. The molecule has 0 saturated carbocycles. The van der Waals surface area contributed by atoms with Gasteiger partial charge in [0.2, 0.25) is 0 Å². The van der Waals surface area contributed by atoms with Crippen molar-refractivity contribution >= 4 is 17.4 Å². The lowest BCUT2D eigenvalue weighted by atomic mass is 10.2. The third kappa shape index (κ3) is 2.90. The molecule has 1 aromatic heterocycles. The number of methoxy groups -OCH3 is 1. The van der Waals surface area contributed by atoms with Crippen LogP contribution in [-0.4, -0.2) is 30.3 Å². The molecule has 0 unspecified atom stereocenters. The van der Waals surface area contributed by atoms with Crippen LogP contribution >= 0.6 is 0 Å². The average molecular weight is 273 g/mol. The van der Waals surface area contributed by atoms with Crippen molar-refractivity contribution in [3.63, 3.8) is 0 Å². The van der Waals surface area contributed by atoms with Crippen LogP contribution in [0.25, 0.3) is 0 Å². The minimum absolute atomic E-state index is 0.0594. The fraction of sp³-hybridized carbons (Fsp3) is 0.364. The van der Waals surface area contributed by atoms with Gasteiger partial charge in [-0.1, -0.05) is 0 Å². The van der Waals surface area contributed by atoms with E-state index >= 15 is 0 Å². The number of nitrogens with zero attached hydrogens (tertiary/aromatic N) is 3. The Hall–Kier alpha value is -1.96. The molecule has 0 aliphatic carbocycles. The lowest BCUT2D eigenvalue weighted by molar-refractivity contribution is -0.137. The van der Waals surface area contributed by atoms with Crippen LogP contribution in [0.2, 0.25) is 0 Å². The molecule has 0 fully saturated rings. The van der Waals surface area contributed by atoms with Gasteiger partial charge in [0.15, 0.2) is 5.82 Å². The molecule has 1 aliphatic heterocycles. The number of alkyl halides is 3. The maximum Gasteiger partial charge on any atom is 0.417 e. The van der Waals surface area contributed by atoms with Gasteiger partial charge in [-0.05, 0) is 12.1 Å². The second-order valence-corrected chi connectivity index (χ2v) is 3.88. The number of anilines is 1. The fourth-order valence-corrected chi connectivity index (χ4v) is 1.59. The smallest absolute Gasteiger partial charge is 0.379 e. The Morgan fingerprint density at radius 2 is 2.16 bits per heavy atom. The first-order chi connectivity index (χ1) is 8.91. The molecule has 0 radical (unpaired) electrons. The van der Waals surface area contributed by atoms with Gasteiger partial charge in [0.05, 0.1) is 24.3 Å². The van der Waals surface area contributed by atoms with E-state index < -0.39 is 11.7 Å². The van der Waals surface area contributed by atoms with Crippen molar-refractivity contribution < 1.29 is 22.7 Å². The second-order valence-electron chi connectivity index (χ2n) is 3.88. The largest absolute Gasteiger partial charge is 0.417 e. The number of carbonyl (C=O) groups excluding carboxylic acids is 1. The van der Waals surface area contributed by atoms with Crippen molar-refractivity contribution in [3.8, 4) is 0 Å². The van der Waals surface area contributed by atoms with E-state index in [0.717, 1.165) is 17.1 Å². The molecule has 2 rings (SSSR count). The number of carbonyl (C=O) groups is 1. The number of hydrazone groups is 1. The molecule has 2 heterocycles. The third-order valence-electron chi connectivity index (χ3n) is 2.44. The van der Waals surface area contributed by atoms with Crippen LogP contribution < -0.4 is 5.01 Å². The SMILES string of the molecule is COCC1=NN(c2ccc(C(F)(F)F)cn2)C(=O)C1. The van der Waals surface area contributed by atoms with E-state index in [1.165, 1.54) is 7.11 Å². The third-order valence-corrected chi connectivity index (χ3v) is 2.44. The fourth-order valence-electron chi connectivity index (χ4n) is 1.59. The highest BCUT2D eigenvalue weighted by molar-refractivity contribution is 6.13. The van der Waals surface area contributed by atoms with Gasteiger partial charge in [-0.15, -0.1) is 0 Å². The molecule has 5 nitrogen and oxygen atoms in total. The maximum atomic E-state index is 12.4. The summed E-state index contributed by atoms with van der Waals surface area (Å²) in [5.41, 5.74) is -0.363. The standard InChI is InChI=1S/C11H10F3N3O2/c1-19-6-8-4-10(18)17(16-8)9-3-2-7(5-15-9)11(12,13)14/h2-3,5H,4,6H2,1H3. The van der Waals surface area contributed by atoms with Gasteiger partial charge in [-0.2, -0.15) is 23.3 Å². The quantitative estimate of drug-likeness (QED) is 0.844. The minimum Gasteiger partial charge on any atom is -0.379 e. The topological polar surface area (TPSA) is 54.8 Å². The zero-order valence-electron chi connectivity index (χ0n) is 9.94. The Balaban J connectivity index is 2.21. The van der Waals surface area contributed by atoms with Gasteiger partial charge in [0, 0.05) is 13.3 Å². The molecule has 19 heavy (non-hydrogen) atoms. The summed E-state index contributed by atoms with van der Waals surface area (Å²) >= 11 is 0. The van der Waals surface area contributed by atoms with E-state index in [0.29, 0.717) is 11.9 Å². The number of halogens is 3. The molecule has 0 spiro atoms. The molecule has 0 atom stereocenters. The van der Waals surface area contributed by atoms with Crippen molar-refractivity contribution in [2.45, 2.75) is 12.6 Å². The molecule has 1 aromatic rings. The number of hydrogen-bond acceptors (Lipinski definition) is 4. The lowest BCUT2D eigenvalue weighted by Crippen LogP contribution is -2.21. The Bertz CT molecular complexity index is 511. The predicted molar refractivity (Wildman–Crippen MR) is 60.7 cm³/mol. The average Bonchev–Trinajstić information content (AvgIpc) is 2.70. The highest BCUT2D eigenvalue weighted by Crippen LogP contribution is 2.29. The summed E-state index contributed by atoms with van der Waals surface area (Å²) in [5.74, 6) is -0.289. The van der Waals surface area contributed by atoms with Gasteiger partial charge in [0.25, 0.3) is 5.91 Å². The highest BCUT2D eigenvalue weighted by atomic mass is 19.4. The molecule has 1 aliphatic rings. The van der Waals surface area contributed by atoms with Gasteiger partial charge in [-0.3, -0.25) is 4.79 Å². The van der Waals surface area contributed by atoms with Gasteiger partial charge in [-0.25, -0.2) is 4.98 Å². The van der Waals surface area contributed by atoms with Crippen molar-refractivity contribution in [3.05, 3.63) is 23.9 Å². The van der Waals surface area contributed by atoms with Gasteiger partial charge in [0.1, 0.15) is 0 Å². The number of aromatic nitrogens is 1. The van der Waals surface area contributed by atoms with Crippen LogP contribution in [0.15, 0.2) is 23.4 Å². The van der Waals surface area contributed by atoms with Crippen molar-refractivity contribution in [2.75, 3.05) is 18.7 Å². The molecular formula is C11H10F3N3O2. The van der Waals surface area contributed by atoms with E-state index in [1.807, 2.05) is 0 Å². The van der Waals surface area contributed by atoms with Crippen LogP contribution in [0.1, 0.15) is 12.0 Å². The highest BCUT2D eigenvalue weighted by Gasteiger charge is 2.32. The summed E-state index contributed by atoms with van der Waals surface area (Å²) in [6, 6.07) is 1.97. The number of pyridine rings is 1. The first kappa shape index (κ1) is 13.5. The molecule has 1 amide bonds. The van der Waals surface area contributed by atoms with Crippen LogP contribution in [0.4, 0.5) is 19.0 Å². The molecule has 8 heteroatoms. The molecule has 0 aromatic carbocycles. The van der Waals surface area contributed by atoms with Gasteiger partial charge < -0.3 is 4.74 Å². The molecule has 0 saturated heterocycles. The summed E-state index contributed by atoms with van der Waals surface area (Å²) in [5, 5.41) is 4.93. The summed E-state index contributed by atoms with van der Waals surface area (Å²) in [6.07, 6.45) is -3.70. The van der Waals surface area contributed by atoms with Crippen LogP contribution in [0.5, 0.6) is 0 Å². The zero-order valence-corrected chi connectivity index (χ0v) is 9.94. The summed E-state index contributed by atoms with van der Waals surface area (Å²) < 4.78 is 42.0. The van der Waals surface area contributed by atoms with Crippen LogP contribution in [0, 0.1) is 0 Å². The monoisotopic (exact) mass is 273 g/mol. The molecule has 0 bridgehead atoms. The maximum absolute atomic E-state index is 12.4. The summed E-state index contributed by atoms with van der Waals surface area (Å²) in [6.45, 7) is 0.197. The van der Waals surface area contributed by atoms with E-state index in [-0.39, 0.29) is 24.8 Å². The Labute approximate surface area is 106 Å². The lowest BCUT2D eigenvalue weighted by Gasteiger charge is -2.11. The Morgan fingerprint density at radius 3 is 2.68 bits per heavy atom. The Morgan fingerprint density at radius 1 is 1.42 bits per heavy atom. The number of rotatable bonds is 3. The molecule has 102 valence electrons. The Kier molecular flexibility index (Phi) is 3.52. The number of ether oxygens (including phenoxy) is 1. The second kappa shape index (κ2) is 4.96. The first-order valence-corrected chi connectivity index (χ1v) is 5.33.